The van der Waals surface area contributed by atoms with Gasteiger partial charge in [0.05, 0.1) is 13.0 Å². The molecule has 0 spiro atoms. The number of aliphatic imine (C=N–C) groups is 1. The van der Waals surface area contributed by atoms with Crippen molar-refractivity contribution in [2.75, 3.05) is 26.2 Å². The van der Waals surface area contributed by atoms with Crippen molar-refractivity contribution in [1.29, 1.82) is 0 Å². The first kappa shape index (κ1) is 23.3. The predicted molar refractivity (Wildman–Crippen MR) is 127 cm³/mol. The van der Waals surface area contributed by atoms with Gasteiger partial charge in [0.2, 0.25) is 5.90 Å². The monoisotopic (exact) mass is 464 g/mol. The average molecular weight is 465 g/mol. The van der Waals surface area contributed by atoms with Crippen LogP contribution in [-0.2, 0) is 19.1 Å². The van der Waals surface area contributed by atoms with Gasteiger partial charge in [0.15, 0.2) is 5.70 Å². The lowest BCUT2D eigenvalue weighted by Gasteiger charge is -2.31. The fraction of sp³-hybridized carbons (Fsp3) is 0.360. The van der Waals surface area contributed by atoms with Crippen LogP contribution in [0.25, 0.3) is 10.8 Å². The highest BCUT2D eigenvalue weighted by Crippen LogP contribution is 2.24. The third kappa shape index (κ3) is 5.72. The SMILES string of the molecule is CCOC(=O)CCNC(=O)NC1CCN(/C=C2/N=C(c3cccc4ccccc34)OC2=O)CC1. The van der Waals surface area contributed by atoms with Gasteiger partial charge in [0, 0.05) is 37.4 Å². The first-order valence-electron chi connectivity index (χ1n) is 11.5. The zero-order valence-electron chi connectivity index (χ0n) is 19.1. The van der Waals surface area contributed by atoms with Crippen molar-refractivity contribution in [1.82, 2.24) is 15.5 Å². The minimum absolute atomic E-state index is 0.0162. The Morgan fingerprint density at radius 2 is 1.94 bits per heavy atom. The molecule has 9 nitrogen and oxygen atoms in total. The fourth-order valence-electron chi connectivity index (χ4n) is 4.02. The summed E-state index contributed by atoms with van der Waals surface area (Å²) in [5, 5.41) is 7.63. The molecule has 9 heteroatoms. The van der Waals surface area contributed by atoms with Crippen molar-refractivity contribution in [2.24, 2.45) is 4.99 Å². The molecule has 1 saturated heterocycles. The molecule has 2 N–H and O–H groups in total. The van der Waals surface area contributed by atoms with Crippen LogP contribution in [0, 0.1) is 0 Å². The first-order chi connectivity index (χ1) is 16.5. The number of esters is 2. The third-order valence-electron chi connectivity index (χ3n) is 5.73. The summed E-state index contributed by atoms with van der Waals surface area (Å²) in [5.74, 6) is -0.492. The molecule has 0 radical (unpaired) electrons. The first-order valence-corrected chi connectivity index (χ1v) is 11.5. The van der Waals surface area contributed by atoms with Gasteiger partial charge in [0.25, 0.3) is 0 Å². The number of piperidine rings is 1. The van der Waals surface area contributed by atoms with Gasteiger partial charge in [-0.05, 0) is 36.6 Å². The maximum Gasteiger partial charge on any atom is 0.365 e. The van der Waals surface area contributed by atoms with E-state index in [1.807, 2.05) is 47.4 Å². The quantitative estimate of drug-likeness (QED) is 0.482. The van der Waals surface area contributed by atoms with Crippen LogP contribution in [0.3, 0.4) is 0 Å². The second-order valence-corrected chi connectivity index (χ2v) is 8.11. The van der Waals surface area contributed by atoms with Crippen molar-refractivity contribution in [3.05, 3.63) is 59.9 Å². The summed E-state index contributed by atoms with van der Waals surface area (Å²) in [4.78, 5) is 42.3. The van der Waals surface area contributed by atoms with E-state index >= 15 is 0 Å². The molecule has 34 heavy (non-hydrogen) atoms. The van der Waals surface area contributed by atoms with Gasteiger partial charge in [0.1, 0.15) is 0 Å². The Balaban J connectivity index is 1.30. The van der Waals surface area contributed by atoms with E-state index in [0.29, 0.717) is 25.6 Å². The summed E-state index contributed by atoms with van der Waals surface area (Å²) in [7, 11) is 0. The molecule has 2 aliphatic heterocycles. The summed E-state index contributed by atoms with van der Waals surface area (Å²) >= 11 is 0. The molecule has 0 aromatic heterocycles. The number of amides is 2. The van der Waals surface area contributed by atoms with Crippen molar-refractivity contribution < 1.29 is 23.9 Å². The number of urea groups is 1. The summed E-state index contributed by atoms with van der Waals surface area (Å²) < 4.78 is 10.3. The van der Waals surface area contributed by atoms with Crippen molar-refractivity contribution >= 4 is 34.6 Å². The summed E-state index contributed by atoms with van der Waals surface area (Å²) in [6.45, 7) is 3.64. The topological polar surface area (TPSA) is 109 Å². The van der Waals surface area contributed by atoms with Crippen LogP contribution >= 0.6 is 0 Å². The largest absolute Gasteiger partial charge is 0.466 e. The molecule has 0 bridgehead atoms. The van der Waals surface area contributed by atoms with Crippen LogP contribution in [0.2, 0.25) is 0 Å². The second-order valence-electron chi connectivity index (χ2n) is 8.11. The number of ether oxygens (including phenoxy) is 2. The molecule has 0 atom stereocenters. The van der Waals surface area contributed by atoms with E-state index < -0.39 is 5.97 Å². The summed E-state index contributed by atoms with van der Waals surface area (Å²) in [5.41, 5.74) is 1.05. The van der Waals surface area contributed by atoms with Crippen molar-refractivity contribution in [3.8, 4) is 0 Å². The molecule has 2 amide bonds. The number of cyclic esters (lactones) is 1. The number of hydrogen-bond donors (Lipinski definition) is 2. The van der Waals surface area contributed by atoms with Crippen molar-refractivity contribution in [2.45, 2.75) is 32.2 Å². The number of fused-ring (bicyclic) bond motifs is 1. The van der Waals surface area contributed by atoms with Gasteiger partial charge in [-0.1, -0.05) is 36.4 Å². The molecule has 0 unspecified atom stereocenters. The molecule has 2 aliphatic rings. The van der Waals surface area contributed by atoms with Gasteiger partial charge in [-0.3, -0.25) is 4.79 Å². The number of benzene rings is 2. The van der Waals surface area contributed by atoms with Crippen LogP contribution in [-0.4, -0.2) is 61.1 Å². The molecule has 1 fully saturated rings. The third-order valence-corrected chi connectivity index (χ3v) is 5.73. The van der Waals surface area contributed by atoms with Crippen molar-refractivity contribution in [3.63, 3.8) is 0 Å². The molecule has 0 aliphatic carbocycles. The van der Waals surface area contributed by atoms with Crippen LogP contribution in [0.4, 0.5) is 4.79 Å². The Morgan fingerprint density at radius 1 is 1.18 bits per heavy atom. The molecule has 4 rings (SSSR count). The molecule has 2 aromatic carbocycles. The number of carbonyl (C=O) groups excluding carboxylic acids is 3. The molecular formula is C25H28N4O5. The Kier molecular flexibility index (Phi) is 7.41. The number of rotatable bonds is 7. The number of nitrogens with zero attached hydrogens (tertiary/aromatic N) is 2. The van der Waals surface area contributed by atoms with Gasteiger partial charge >= 0.3 is 18.0 Å². The van der Waals surface area contributed by atoms with Crippen LogP contribution in [0.5, 0.6) is 0 Å². The molecule has 0 saturated carbocycles. The van der Waals surface area contributed by atoms with Gasteiger partial charge in [-0.25, -0.2) is 14.6 Å². The Bertz CT molecular complexity index is 1130. The maximum absolute atomic E-state index is 12.4. The predicted octanol–water partition coefficient (Wildman–Crippen LogP) is 2.70. The number of carbonyl (C=O) groups is 3. The van der Waals surface area contributed by atoms with E-state index in [2.05, 4.69) is 15.6 Å². The number of hydrogen-bond acceptors (Lipinski definition) is 7. The number of nitrogens with one attached hydrogen (secondary N) is 2. The van der Waals surface area contributed by atoms with Gasteiger partial charge in [-0.15, -0.1) is 0 Å². The minimum Gasteiger partial charge on any atom is -0.466 e. The average Bonchev–Trinajstić information content (AvgIpc) is 3.20. The van der Waals surface area contributed by atoms with Gasteiger partial charge < -0.3 is 25.0 Å². The van der Waals surface area contributed by atoms with E-state index in [4.69, 9.17) is 9.47 Å². The Labute approximate surface area is 197 Å². The fourth-order valence-corrected chi connectivity index (χ4v) is 4.02. The normalized spacial score (nSPS) is 17.4. The second kappa shape index (κ2) is 10.8. The molecule has 178 valence electrons. The number of likely N-dealkylation sites (tertiary alicyclic amines) is 1. The Hall–Kier alpha value is -3.88. The molecule has 2 aromatic rings. The van der Waals surface area contributed by atoms with Crippen LogP contribution in [0.15, 0.2) is 59.4 Å². The molecular weight excluding hydrogens is 436 g/mol. The highest BCUT2D eigenvalue weighted by Gasteiger charge is 2.27. The maximum atomic E-state index is 12.4. The highest BCUT2D eigenvalue weighted by atomic mass is 16.6. The van der Waals surface area contributed by atoms with E-state index in [1.54, 1.807) is 13.1 Å². The van der Waals surface area contributed by atoms with E-state index in [0.717, 1.165) is 29.2 Å². The van der Waals surface area contributed by atoms with E-state index in [1.165, 1.54) is 0 Å². The Morgan fingerprint density at radius 3 is 2.74 bits per heavy atom. The van der Waals surface area contributed by atoms with Crippen LogP contribution < -0.4 is 10.6 Å². The van der Waals surface area contributed by atoms with Gasteiger partial charge in [-0.2, -0.15) is 0 Å². The minimum atomic E-state index is -0.468. The highest BCUT2D eigenvalue weighted by molar-refractivity contribution is 6.16. The lowest BCUT2D eigenvalue weighted by atomic mass is 10.0. The zero-order chi connectivity index (χ0) is 23.9. The lowest BCUT2D eigenvalue weighted by Crippen LogP contribution is -2.47. The summed E-state index contributed by atoms with van der Waals surface area (Å²) in [6.07, 6.45) is 3.33. The van der Waals surface area contributed by atoms with Crippen LogP contribution in [0.1, 0.15) is 31.7 Å². The molecule has 2 heterocycles. The van der Waals surface area contributed by atoms with E-state index in [9.17, 15) is 14.4 Å². The lowest BCUT2D eigenvalue weighted by molar-refractivity contribution is -0.142. The van der Waals surface area contributed by atoms with E-state index in [-0.39, 0.29) is 36.7 Å². The zero-order valence-corrected chi connectivity index (χ0v) is 19.1. The smallest absolute Gasteiger partial charge is 0.365 e. The standard InChI is InChI=1S/C25H28N4O5/c1-2-33-22(30)10-13-26-25(32)27-18-11-14-29(15-12-18)16-21-24(31)34-23(28-21)20-9-5-7-17-6-3-4-8-19(17)20/h3-9,16,18H,2,10-15H2,1H3,(H2,26,27,32)/b21-16+. The summed E-state index contributed by atoms with van der Waals surface area (Å²) in [6, 6.07) is 13.4.